The van der Waals surface area contributed by atoms with E-state index in [4.69, 9.17) is 10.5 Å². The molecule has 1 saturated heterocycles. The lowest BCUT2D eigenvalue weighted by Gasteiger charge is -2.24. The van der Waals surface area contributed by atoms with Gasteiger partial charge < -0.3 is 15.4 Å². The fourth-order valence-corrected chi connectivity index (χ4v) is 3.84. The number of hydrogen-bond acceptors (Lipinski definition) is 6. The second-order valence-corrected chi connectivity index (χ2v) is 6.57. The molecule has 0 saturated carbocycles. The minimum atomic E-state index is -0.869. The summed E-state index contributed by atoms with van der Waals surface area (Å²) in [7, 11) is 0. The van der Waals surface area contributed by atoms with Crippen molar-refractivity contribution in [1.82, 2.24) is 10.2 Å². The largest absolute Gasteiger partial charge is 0.444 e. The lowest BCUT2D eigenvalue weighted by atomic mass is 10.1. The summed E-state index contributed by atoms with van der Waals surface area (Å²) in [6, 6.07) is 1.15. The standard InChI is InChI=1S/C14H15N3O5S/c15-14(21)22-6-8-4-7-5-17(13(20)11(7)23-8)9-2-1-3-10(18)16-12(9)19/h4,9H,1-3,5-6H2,(H2,15,21)(H,16,18,19). The van der Waals surface area contributed by atoms with Crippen LogP contribution in [-0.2, 0) is 27.5 Å². The molecule has 8 nitrogen and oxygen atoms in total. The van der Waals surface area contributed by atoms with Gasteiger partial charge in [-0.2, -0.15) is 0 Å². The van der Waals surface area contributed by atoms with Crippen molar-refractivity contribution < 1.29 is 23.9 Å². The topological polar surface area (TPSA) is 119 Å². The van der Waals surface area contributed by atoms with E-state index in [1.807, 2.05) is 0 Å². The Morgan fingerprint density at radius 3 is 2.91 bits per heavy atom. The second-order valence-electron chi connectivity index (χ2n) is 5.43. The molecule has 4 amide bonds. The number of fused-ring (bicyclic) bond motifs is 1. The maximum Gasteiger partial charge on any atom is 0.404 e. The van der Waals surface area contributed by atoms with Gasteiger partial charge in [0.05, 0.1) is 4.88 Å². The zero-order chi connectivity index (χ0) is 16.6. The van der Waals surface area contributed by atoms with Gasteiger partial charge in [0.1, 0.15) is 12.6 Å². The molecule has 0 bridgehead atoms. The third kappa shape index (κ3) is 3.04. The number of carbonyl (C=O) groups excluding carboxylic acids is 4. The normalized spacial score (nSPS) is 21.0. The van der Waals surface area contributed by atoms with Crippen LogP contribution in [0.25, 0.3) is 0 Å². The summed E-state index contributed by atoms with van der Waals surface area (Å²) in [5, 5.41) is 2.31. The molecule has 122 valence electrons. The van der Waals surface area contributed by atoms with Gasteiger partial charge in [-0.05, 0) is 24.5 Å². The van der Waals surface area contributed by atoms with E-state index in [-0.39, 0.29) is 18.4 Å². The van der Waals surface area contributed by atoms with E-state index in [0.29, 0.717) is 30.7 Å². The van der Waals surface area contributed by atoms with E-state index in [1.165, 1.54) is 16.2 Å². The Labute approximate surface area is 135 Å². The Kier molecular flexibility index (Phi) is 4.03. The number of nitrogens with zero attached hydrogens (tertiary/aromatic N) is 1. The minimum absolute atomic E-state index is 0.0265. The van der Waals surface area contributed by atoms with Gasteiger partial charge in [-0.25, -0.2) is 4.79 Å². The molecule has 0 radical (unpaired) electrons. The molecule has 0 aliphatic carbocycles. The summed E-state index contributed by atoms with van der Waals surface area (Å²) in [6.07, 6.45) is 0.458. The molecular weight excluding hydrogens is 322 g/mol. The van der Waals surface area contributed by atoms with E-state index in [9.17, 15) is 19.2 Å². The molecule has 3 heterocycles. The summed E-state index contributed by atoms with van der Waals surface area (Å²) >= 11 is 1.22. The number of amides is 4. The van der Waals surface area contributed by atoms with Crippen LogP contribution < -0.4 is 11.1 Å². The van der Waals surface area contributed by atoms with Crippen LogP contribution in [0.2, 0.25) is 0 Å². The van der Waals surface area contributed by atoms with Gasteiger partial charge in [-0.3, -0.25) is 19.7 Å². The first-order valence-corrected chi connectivity index (χ1v) is 7.96. The number of hydrogen-bond donors (Lipinski definition) is 2. The molecule has 3 rings (SSSR count). The summed E-state index contributed by atoms with van der Waals surface area (Å²) in [5.41, 5.74) is 5.71. The van der Waals surface area contributed by atoms with E-state index in [0.717, 1.165) is 10.4 Å². The quantitative estimate of drug-likeness (QED) is 0.778. The fraction of sp³-hybridized carbons (Fsp3) is 0.429. The smallest absolute Gasteiger partial charge is 0.404 e. The molecule has 23 heavy (non-hydrogen) atoms. The molecule has 1 fully saturated rings. The lowest BCUT2D eigenvalue weighted by molar-refractivity contribution is -0.132. The van der Waals surface area contributed by atoms with Crippen molar-refractivity contribution in [3.8, 4) is 0 Å². The number of thiophene rings is 1. The summed E-state index contributed by atoms with van der Waals surface area (Å²) < 4.78 is 4.71. The number of rotatable bonds is 3. The molecule has 3 N–H and O–H groups in total. The van der Waals surface area contributed by atoms with Gasteiger partial charge >= 0.3 is 6.09 Å². The zero-order valence-electron chi connectivity index (χ0n) is 12.2. The van der Waals surface area contributed by atoms with Crippen LogP contribution in [0.5, 0.6) is 0 Å². The summed E-state index contributed by atoms with van der Waals surface area (Å²) in [4.78, 5) is 49.4. The first kappa shape index (κ1) is 15.5. The highest BCUT2D eigenvalue weighted by Gasteiger charge is 2.39. The molecule has 2 aliphatic heterocycles. The highest BCUT2D eigenvalue weighted by atomic mass is 32.1. The predicted molar refractivity (Wildman–Crippen MR) is 79.4 cm³/mol. The molecule has 1 aromatic rings. The average Bonchev–Trinajstić information content (AvgIpc) is 2.95. The number of ether oxygens (including phenoxy) is 1. The van der Waals surface area contributed by atoms with Gasteiger partial charge in [0.25, 0.3) is 5.91 Å². The van der Waals surface area contributed by atoms with Gasteiger partial charge in [0.2, 0.25) is 11.8 Å². The van der Waals surface area contributed by atoms with Gasteiger partial charge in [0.15, 0.2) is 0 Å². The molecule has 0 spiro atoms. The third-order valence-electron chi connectivity index (χ3n) is 3.84. The van der Waals surface area contributed by atoms with Crippen molar-refractivity contribution in [2.45, 2.75) is 38.5 Å². The van der Waals surface area contributed by atoms with Crippen LogP contribution in [0.4, 0.5) is 4.79 Å². The van der Waals surface area contributed by atoms with Crippen LogP contribution >= 0.6 is 11.3 Å². The van der Waals surface area contributed by atoms with Crippen molar-refractivity contribution in [2.24, 2.45) is 5.73 Å². The highest BCUT2D eigenvalue weighted by Crippen LogP contribution is 2.33. The second kappa shape index (κ2) is 5.99. The van der Waals surface area contributed by atoms with Crippen LogP contribution in [0, 0.1) is 0 Å². The van der Waals surface area contributed by atoms with Crippen LogP contribution in [-0.4, -0.2) is 34.8 Å². The van der Waals surface area contributed by atoms with E-state index in [2.05, 4.69) is 5.32 Å². The highest BCUT2D eigenvalue weighted by molar-refractivity contribution is 7.14. The molecular formula is C14H15N3O5S. The summed E-state index contributed by atoms with van der Waals surface area (Å²) in [5.74, 6) is -0.956. The maximum atomic E-state index is 12.5. The Hall–Kier alpha value is -2.42. The average molecular weight is 337 g/mol. The Morgan fingerprint density at radius 2 is 2.22 bits per heavy atom. The van der Waals surface area contributed by atoms with Crippen molar-refractivity contribution in [2.75, 3.05) is 0 Å². The number of nitrogens with two attached hydrogens (primary N) is 1. The van der Waals surface area contributed by atoms with Crippen LogP contribution in [0.3, 0.4) is 0 Å². The molecule has 1 atom stereocenters. The molecule has 2 aliphatic rings. The molecule has 1 aromatic heterocycles. The lowest BCUT2D eigenvalue weighted by Crippen LogP contribution is -2.46. The van der Waals surface area contributed by atoms with E-state index < -0.39 is 18.0 Å². The van der Waals surface area contributed by atoms with Gasteiger partial charge in [-0.15, -0.1) is 11.3 Å². The van der Waals surface area contributed by atoms with Gasteiger partial charge in [0, 0.05) is 17.8 Å². The number of imide groups is 1. The van der Waals surface area contributed by atoms with Gasteiger partial charge in [-0.1, -0.05) is 0 Å². The first-order chi connectivity index (χ1) is 11.0. The van der Waals surface area contributed by atoms with Crippen molar-refractivity contribution in [3.05, 3.63) is 21.4 Å². The van der Waals surface area contributed by atoms with E-state index in [1.54, 1.807) is 6.07 Å². The van der Waals surface area contributed by atoms with Crippen molar-refractivity contribution in [3.63, 3.8) is 0 Å². The monoisotopic (exact) mass is 337 g/mol. The maximum absolute atomic E-state index is 12.5. The molecule has 9 heteroatoms. The fourth-order valence-electron chi connectivity index (χ4n) is 2.80. The molecule has 1 unspecified atom stereocenters. The van der Waals surface area contributed by atoms with E-state index >= 15 is 0 Å². The van der Waals surface area contributed by atoms with Crippen molar-refractivity contribution in [1.29, 1.82) is 0 Å². The van der Waals surface area contributed by atoms with Crippen molar-refractivity contribution >= 4 is 35.2 Å². The SMILES string of the molecule is NC(=O)OCc1cc2c(s1)C(=O)N(C1CCCC(=O)NC1=O)C2. The number of nitrogens with one attached hydrogen (secondary N) is 1. The Morgan fingerprint density at radius 1 is 1.43 bits per heavy atom. The van der Waals surface area contributed by atoms with Crippen LogP contribution in [0.1, 0.15) is 39.4 Å². The molecule has 0 aromatic carbocycles. The van der Waals surface area contributed by atoms with Crippen LogP contribution in [0.15, 0.2) is 6.07 Å². The summed E-state index contributed by atoms with van der Waals surface area (Å²) in [6.45, 7) is 0.339. The zero-order valence-corrected chi connectivity index (χ0v) is 13.0. The number of primary amides is 1. The Bertz CT molecular complexity index is 699. The number of carbonyl (C=O) groups is 4. The minimum Gasteiger partial charge on any atom is -0.444 e. The third-order valence-corrected chi connectivity index (χ3v) is 4.97. The predicted octanol–water partition coefficient (Wildman–Crippen LogP) is 0.494. The Balaban J connectivity index is 1.73. The first-order valence-electron chi connectivity index (χ1n) is 7.14.